The van der Waals surface area contributed by atoms with Crippen molar-refractivity contribution >= 4 is 11.8 Å². The van der Waals surface area contributed by atoms with Gasteiger partial charge < -0.3 is 9.52 Å². The van der Waals surface area contributed by atoms with Crippen LogP contribution in [0.15, 0.2) is 65.1 Å². The predicted molar refractivity (Wildman–Crippen MR) is 107 cm³/mol. The van der Waals surface area contributed by atoms with Gasteiger partial charge in [-0.25, -0.2) is 4.98 Å². The summed E-state index contributed by atoms with van der Waals surface area (Å²) in [5.74, 6) is -0.185. The molecule has 0 amide bonds. The molecule has 0 fully saturated rings. The quantitative estimate of drug-likeness (QED) is 0.366. The van der Waals surface area contributed by atoms with Gasteiger partial charge in [0.1, 0.15) is 5.69 Å². The number of carboxylic acids is 1. The van der Waals surface area contributed by atoms with E-state index in [1.54, 1.807) is 0 Å². The van der Waals surface area contributed by atoms with Gasteiger partial charge in [-0.1, -0.05) is 73.5 Å². The number of ketones is 1. The van der Waals surface area contributed by atoms with E-state index < -0.39 is 5.97 Å². The Kier molecular flexibility index (Phi) is 6.73. The number of nitrogens with zero attached hydrogens (tertiary/aromatic N) is 1. The summed E-state index contributed by atoms with van der Waals surface area (Å²) in [5, 5.41) is 8.65. The van der Waals surface area contributed by atoms with Crippen molar-refractivity contribution in [1.82, 2.24) is 4.98 Å². The van der Waals surface area contributed by atoms with Crippen LogP contribution in [0, 0.1) is 0 Å². The van der Waals surface area contributed by atoms with Crippen LogP contribution in [0.25, 0.3) is 22.6 Å². The lowest BCUT2D eigenvalue weighted by molar-refractivity contribution is -0.137. The Labute approximate surface area is 164 Å². The minimum absolute atomic E-state index is 0.127. The van der Waals surface area contributed by atoms with E-state index in [1.165, 1.54) is 0 Å². The maximum atomic E-state index is 12.6. The molecular formula is C23H23NO4. The maximum Gasteiger partial charge on any atom is 0.303 e. The van der Waals surface area contributed by atoms with Gasteiger partial charge in [0.2, 0.25) is 5.78 Å². The SMILES string of the molecule is O=C(O)CCCCCCC(=O)c1nc(-c2ccccc2)c(-c2ccccc2)o1. The number of carbonyl (C=O) groups excluding carboxylic acids is 1. The number of Topliss-reactive ketones (excluding diaryl/α,β-unsaturated/α-hetero) is 1. The fraction of sp³-hybridized carbons (Fsp3) is 0.261. The molecule has 3 rings (SSSR count). The number of unbranched alkanes of at least 4 members (excludes halogenated alkanes) is 3. The molecule has 0 radical (unpaired) electrons. The van der Waals surface area contributed by atoms with Crippen molar-refractivity contribution < 1.29 is 19.1 Å². The van der Waals surface area contributed by atoms with Gasteiger partial charge in [-0.2, -0.15) is 0 Å². The molecule has 1 N–H and O–H groups in total. The molecular weight excluding hydrogens is 354 g/mol. The van der Waals surface area contributed by atoms with Crippen molar-refractivity contribution in [3.63, 3.8) is 0 Å². The summed E-state index contributed by atoms with van der Waals surface area (Å²) in [5.41, 5.74) is 2.44. The molecule has 0 saturated carbocycles. The van der Waals surface area contributed by atoms with Crippen LogP contribution in [0.4, 0.5) is 0 Å². The number of oxazole rings is 1. The summed E-state index contributed by atoms with van der Waals surface area (Å²) in [4.78, 5) is 27.6. The van der Waals surface area contributed by atoms with Crippen LogP contribution >= 0.6 is 0 Å². The summed E-state index contributed by atoms with van der Waals surface area (Å²) >= 11 is 0. The third-order valence-electron chi connectivity index (χ3n) is 4.49. The largest absolute Gasteiger partial charge is 0.481 e. The molecule has 2 aromatic carbocycles. The molecule has 5 nitrogen and oxygen atoms in total. The number of benzene rings is 2. The van der Waals surface area contributed by atoms with E-state index >= 15 is 0 Å². The van der Waals surface area contributed by atoms with Gasteiger partial charge in [0.15, 0.2) is 5.76 Å². The molecule has 0 aliphatic carbocycles. The first-order valence-corrected chi connectivity index (χ1v) is 9.52. The van der Waals surface area contributed by atoms with Crippen LogP contribution in [0.1, 0.15) is 49.2 Å². The number of rotatable bonds is 10. The first kappa shape index (κ1) is 19.5. The first-order chi connectivity index (χ1) is 13.6. The second-order valence-corrected chi connectivity index (χ2v) is 6.66. The highest BCUT2D eigenvalue weighted by Gasteiger charge is 2.20. The van der Waals surface area contributed by atoms with E-state index in [2.05, 4.69) is 4.98 Å². The van der Waals surface area contributed by atoms with Gasteiger partial charge in [-0.3, -0.25) is 9.59 Å². The minimum atomic E-state index is -0.780. The lowest BCUT2D eigenvalue weighted by Crippen LogP contribution is -1.99. The van der Waals surface area contributed by atoms with Crippen LogP contribution in [0.2, 0.25) is 0 Å². The minimum Gasteiger partial charge on any atom is -0.481 e. The fourth-order valence-electron chi connectivity index (χ4n) is 3.04. The molecule has 0 unspecified atom stereocenters. The molecule has 0 bridgehead atoms. The molecule has 28 heavy (non-hydrogen) atoms. The molecule has 1 heterocycles. The molecule has 5 heteroatoms. The van der Waals surface area contributed by atoms with Gasteiger partial charge in [0.25, 0.3) is 5.89 Å². The monoisotopic (exact) mass is 377 g/mol. The van der Waals surface area contributed by atoms with Gasteiger partial charge in [-0.15, -0.1) is 0 Å². The lowest BCUT2D eigenvalue weighted by Gasteiger charge is -2.00. The highest BCUT2D eigenvalue weighted by atomic mass is 16.4. The highest BCUT2D eigenvalue weighted by Crippen LogP contribution is 2.33. The van der Waals surface area contributed by atoms with Gasteiger partial charge in [0.05, 0.1) is 0 Å². The van der Waals surface area contributed by atoms with E-state index in [0.717, 1.165) is 24.0 Å². The predicted octanol–water partition coefficient (Wildman–Crippen LogP) is 5.62. The van der Waals surface area contributed by atoms with Gasteiger partial charge in [-0.05, 0) is 12.8 Å². The molecule has 1 aromatic heterocycles. The van der Waals surface area contributed by atoms with Crippen molar-refractivity contribution in [2.24, 2.45) is 0 Å². The van der Waals surface area contributed by atoms with Crippen LogP contribution in [0.5, 0.6) is 0 Å². The van der Waals surface area contributed by atoms with Crippen molar-refractivity contribution in [3.8, 4) is 22.6 Å². The summed E-state index contributed by atoms with van der Waals surface area (Å²) in [6.45, 7) is 0. The highest BCUT2D eigenvalue weighted by molar-refractivity contribution is 5.93. The Bertz CT molecular complexity index is 859. The van der Waals surface area contributed by atoms with Crippen LogP contribution in [-0.2, 0) is 4.79 Å². The van der Waals surface area contributed by atoms with Crippen molar-refractivity contribution in [2.45, 2.75) is 38.5 Å². The van der Waals surface area contributed by atoms with Crippen molar-refractivity contribution in [3.05, 3.63) is 66.6 Å². The molecule has 144 valence electrons. The Balaban J connectivity index is 1.72. The zero-order valence-electron chi connectivity index (χ0n) is 15.6. The smallest absolute Gasteiger partial charge is 0.303 e. The lowest BCUT2D eigenvalue weighted by atomic mass is 10.1. The number of hydrogen-bond acceptors (Lipinski definition) is 4. The first-order valence-electron chi connectivity index (χ1n) is 9.52. The standard InChI is InChI=1S/C23H23NO4/c25-19(15-9-1-2-10-16-20(26)27)23-24-21(17-11-5-3-6-12-17)22(28-23)18-13-7-4-8-14-18/h3-8,11-14H,1-2,9-10,15-16H2,(H,26,27). The van der Waals surface area contributed by atoms with E-state index in [-0.39, 0.29) is 18.1 Å². The average molecular weight is 377 g/mol. The number of aliphatic carboxylic acids is 1. The van der Waals surface area contributed by atoms with Crippen LogP contribution in [-0.4, -0.2) is 21.8 Å². The van der Waals surface area contributed by atoms with E-state index in [9.17, 15) is 9.59 Å². The Hall–Kier alpha value is -3.21. The number of hydrogen-bond donors (Lipinski definition) is 1. The van der Waals surface area contributed by atoms with Crippen molar-refractivity contribution in [2.75, 3.05) is 0 Å². The molecule has 0 aliphatic heterocycles. The Morgan fingerprint density at radius 2 is 1.36 bits per heavy atom. The second kappa shape index (κ2) is 9.65. The van der Waals surface area contributed by atoms with Gasteiger partial charge in [0, 0.05) is 24.0 Å². The number of carboxylic acid groups (broad SMARTS) is 1. The number of aromatic nitrogens is 1. The molecule has 3 aromatic rings. The normalized spacial score (nSPS) is 10.7. The maximum absolute atomic E-state index is 12.6. The number of carbonyl (C=O) groups is 2. The summed E-state index contributed by atoms with van der Waals surface area (Å²) in [7, 11) is 0. The summed E-state index contributed by atoms with van der Waals surface area (Å²) in [6, 6.07) is 19.3. The summed E-state index contributed by atoms with van der Waals surface area (Å²) < 4.78 is 5.89. The average Bonchev–Trinajstić information content (AvgIpc) is 3.17. The molecule has 0 aliphatic rings. The second-order valence-electron chi connectivity index (χ2n) is 6.66. The third-order valence-corrected chi connectivity index (χ3v) is 4.49. The van der Waals surface area contributed by atoms with Crippen molar-refractivity contribution in [1.29, 1.82) is 0 Å². The fourth-order valence-corrected chi connectivity index (χ4v) is 3.04. The third kappa shape index (κ3) is 5.16. The zero-order valence-corrected chi connectivity index (χ0v) is 15.6. The van der Waals surface area contributed by atoms with E-state index in [0.29, 0.717) is 30.7 Å². The zero-order chi connectivity index (χ0) is 19.8. The molecule has 0 saturated heterocycles. The molecule has 0 atom stereocenters. The topological polar surface area (TPSA) is 80.4 Å². The summed E-state index contributed by atoms with van der Waals surface area (Å²) in [6.07, 6.45) is 3.47. The Morgan fingerprint density at radius 3 is 1.96 bits per heavy atom. The molecule has 0 spiro atoms. The van der Waals surface area contributed by atoms with Crippen LogP contribution in [0.3, 0.4) is 0 Å². The Morgan fingerprint density at radius 1 is 0.786 bits per heavy atom. The van der Waals surface area contributed by atoms with E-state index in [4.69, 9.17) is 9.52 Å². The van der Waals surface area contributed by atoms with Gasteiger partial charge >= 0.3 is 5.97 Å². The van der Waals surface area contributed by atoms with Crippen LogP contribution < -0.4 is 0 Å². The van der Waals surface area contributed by atoms with E-state index in [1.807, 2.05) is 60.7 Å².